The summed E-state index contributed by atoms with van der Waals surface area (Å²) in [6.07, 6.45) is 1.96. The molecule has 0 aliphatic rings. The lowest BCUT2D eigenvalue weighted by atomic mass is 10.1. The molecular weight excluding hydrogens is 368 g/mol. The summed E-state index contributed by atoms with van der Waals surface area (Å²) in [7, 11) is 0. The Morgan fingerprint density at radius 2 is 1.33 bits per heavy atom. The summed E-state index contributed by atoms with van der Waals surface area (Å²) in [6.45, 7) is 2.11. The van der Waals surface area contributed by atoms with Crippen LogP contribution in [-0.4, -0.2) is 9.97 Å². The first-order valence-electron chi connectivity index (χ1n) is 8.75. The molecule has 2 aromatic heterocycles. The van der Waals surface area contributed by atoms with E-state index >= 15 is 0 Å². The molecule has 5 aromatic rings. The van der Waals surface area contributed by atoms with Gasteiger partial charge in [0.1, 0.15) is 10.0 Å². The lowest BCUT2D eigenvalue weighted by Crippen LogP contribution is -1.78. The van der Waals surface area contributed by atoms with Gasteiger partial charge in [0, 0.05) is 17.3 Å². The fraction of sp³-hybridized carbons (Fsp3) is 0.0435. The molecule has 0 spiro atoms. The number of fused-ring (bicyclic) bond motifs is 1. The molecule has 27 heavy (non-hydrogen) atoms. The Hall–Kier alpha value is -2.82. The summed E-state index contributed by atoms with van der Waals surface area (Å²) in [5.74, 6) is 0. The zero-order valence-corrected chi connectivity index (χ0v) is 16.3. The molecule has 5 rings (SSSR count). The Labute approximate surface area is 165 Å². The first kappa shape index (κ1) is 16.4. The summed E-state index contributed by atoms with van der Waals surface area (Å²) < 4.78 is 1.22. The topological polar surface area (TPSA) is 25.8 Å². The molecule has 2 heterocycles. The minimum atomic E-state index is 1.04. The van der Waals surface area contributed by atoms with E-state index in [1.165, 1.54) is 20.7 Å². The third kappa shape index (κ3) is 3.18. The highest BCUT2D eigenvalue weighted by Gasteiger charge is 2.09. The fourth-order valence-corrected chi connectivity index (χ4v) is 4.91. The van der Waals surface area contributed by atoms with Gasteiger partial charge < -0.3 is 0 Å². The maximum atomic E-state index is 4.74. The number of rotatable bonds is 3. The van der Waals surface area contributed by atoms with Crippen LogP contribution in [0.2, 0.25) is 0 Å². The van der Waals surface area contributed by atoms with Gasteiger partial charge in [-0.25, -0.2) is 9.97 Å². The molecular formula is C23H16N2S2. The monoisotopic (exact) mass is 384 g/mol. The zero-order chi connectivity index (χ0) is 18.2. The first-order valence-corrected chi connectivity index (χ1v) is 10.4. The van der Waals surface area contributed by atoms with E-state index in [9.17, 15) is 0 Å². The van der Waals surface area contributed by atoms with Gasteiger partial charge in [-0.3, -0.25) is 0 Å². The van der Waals surface area contributed by atoms with Crippen molar-refractivity contribution in [1.29, 1.82) is 0 Å². The molecule has 0 aliphatic heterocycles. The van der Waals surface area contributed by atoms with Gasteiger partial charge in [-0.1, -0.05) is 66.2 Å². The number of aromatic nitrogens is 2. The Bertz CT molecular complexity index is 1180. The number of thiazole rings is 2. The van der Waals surface area contributed by atoms with Gasteiger partial charge >= 0.3 is 0 Å². The van der Waals surface area contributed by atoms with Crippen molar-refractivity contribution in [2.45, 2.75) is 6.92 Å². The van der Waals surface area contributed by atoms with Crippen molar-refractivity contribution in [3.8, 4) is 31.6 Å². The molecule has 0 fully saturated rings. The highest BCUT2D eigenvalue weighted by molar-refractivity contribution is 7.21. The van der Waals surface area contributed by atoms with Crippen LogP contribution in [0.1, 0.15) is 5.56 Å². The van der Waals surface area contributed by atoms with Crippen LogP contribution in [0.4, 0.5) is 0 Å². The molecule has 2 nitrogen and oxygen atoms in total. The van der Waals surface area contributed by atoms with Crippen LogP contribution in [0.5, 0.6) is 0 Å². The van der Waals surface area contributed by atoms with Gasteiger partial charge in [-0.2, -0.15) is 0 Å². The first-order chi connectivity index (χ1) is 13.3. The molecule has 0 atom stereocenters. The predicted octanol–water partition coefficient (Wildman–Crippen LogP) is 7.06. The van der Waals surface area contributed by atoms with E-state index in [1.54, 1.807) is 22.7 Å². The van der Waals surface area contributed by atoms with E-state index in [-0.39, 0.29) is 0 Å². The van der Waals surface area contributed by atoms with Crippen molar-refractivity contribution >= 4 is 32.9 Å². The average molecular weight is 385 g/mol. The van der Waals surface area contributed by atoms with Crippen LogP contribution >= 0.6 is 22.7 Å². The minimum absolute atomic E-state index is 1.04. The molecule has 0 radical (unpaired) electrons. The van der Waals surface area contributed by atoms with E-state index < -0.39 is 0 Å². The second-order valence-electron chi connectivity index (χ2n) is 6.46. The van der Waals surface area contributed by atoms with Crippen LogP contribution < -0.4 is 0 Å². The van der Waals surface area contributed by atoms with Crippen molar-refractivity contribution < 1.29 is 0 Å². The number of para-hydroxylation sites is 1. The molecule has 0 unspecified atom stereocenters. The molecule has 0 N–H and O–H groups in total. The van der Waals surface area contributed by atoms with Crippen LogP contribution in [0.15, 0.2) is 79.0 Å². The van der Waals surface area contributed by atoms with E-state index in [0.717, 1.165) is 26.7 Å². The highest BCUT2D eigenvalue weighted by Crippen LogP contribution is 2.34. The molecule has 4 heteroatoms. The zero-order valence-electron chi connectivity index (χ0n) is 14.7. The molecule has 0 saturated heterocycles. The van der Waals surface area contributed by atoms with Gasteiger partial charge in [0.15, 0.2) is 0 Å². The van der Waals surface area contributed by atoms with Crippen molar-refractivity contribution in [2.75, 3.05) is 0 Å². The number of hydrogen-bond donors (Lipinski definition) is 0. The SMILES string of the molecule is Cc1ccc(-c2cnc(-c3ccc(-c4nc5ccccc5s4)cc3)s2)cc1. The Balaban J connectivity index is 1.44. The van der Waals surface area contributed by atoms with E-state index in [0.29, 0.717) is 0 Å². The molecule has 0 bridgehead atoms. The molecule has 0 saturated carbocycles. The predicted molar refractivity (Wildman–Crippen MR) is 116 cm³/mol. The maximum Gasteiger partial charge on any atom is 0.124 e. The van der Waals surface area contributed by atoms with Crippen molar-refractivity contribution in [2.24, 2.45) is 0 Å². The van der Waals surface area contributed by atoms with E-state index in [4.69, 9.17) is 4.98 Å². The number of aryl methyl sites for hydroxylation is 1. The largest absolute Gasteiger partial charge is 0.244 e. The summed E-state index contributed by atoms with van der Waals surface area (Å²) >= 11 is 3.46. The lowest BCUT2D eigenvalue weighted by molar-refractivity contribution is 1.41. The Morgan fingerprint density at radius 3 is 2.07 bits per heavy atom. The maximum absolute atomic E-state index is 4.74. The smallest absolute Gasteiger partial charge is 0.124 e. The number of benzene rings is 3. The normalized spacial score (nSPS) is 11.1. The molecule has 0 amide bonds. The quantitative estimate of drug-likeness (QED) is 0.333. The third-order valence-electron chi connectivity index (χ3n) is 4.51. The van der Waals surface area contributed by atoms with Crippen LogP contribution in [0.3, 0.4) is 0 Å². The average Bonchev–Trinajstić information content (AvgIpc) is 3.36. The van der Waals surface area contributed by atoms with Crippen molar-refractivity contribution in [3.63, 3.8) is 0 Å². The van der Waals surface area contributed by atoms with Crippen molar-refractivity contribution in [3.05, 3.63) is 84.6 Å². The van der Waals surface area contributed by atoms with Crippen LogP contribution in [0, 0.1) is 6.92 Å². The molecule has 0 aliphatic carbocycles. The van der Waals surface area contributed by atoms with Gasteiger partial charge in [-0.05, 0) is 24.6 Å². The number of hydrogen-bond acceptors (Lipinski definition) is 4. The van der Waals surface area contributed by atoms with E-state index in [1.807, 2.05) is 12.3 Å². The van der Waals surface area contributed by atoms with Crippen LogP contribution in [-0.2, 0) is 0 Å². The van der Waals surface area contributed by atoms with Gasteiger partial charge in [0.2, 0.25) is 0 Å². The summed E-state index contributed by atoms with van der Waals surface area (Å²) in [5.41, 5.74) is 5.84. The van der Waals surface area contributed by atoms with Crippen molar-refractivity contribution in [1.82, 2.24) is 9.97 Å². The molecule has 130 valence electrons. The highest BCUT2D eigenvalue weighted by atomic mass is 32.1. The second-order valence-corrected chi connectivity index (χ2v) is 8.52. The Kier molecular flexibility index (Phi) is 4.07. The summed E-state index contributed by atoms with van der Waals surface area (Å²) in [5, 5.41) is 2.10. The number of nitrogens with zero attached hydrogens (tertiary/aromatic N) is 2. The third-order valence-corrected chi connectivity index (χ3v) is 6.70. The summed E-state index contributed by atoms with van der Waals surface area (Å²) in [6, 6.07) is 25.4. The lowest BCUT2D eigenvalue weighted by Gasteiger charge is -1.99. The standard InChI is InChI=1S/C23H16N2S2/c1-15-6-8-16(9-7-15)21-14-24-22(27-21)17-10-12-18(13-11-17)23-25-19-4-2-3-5-20(19)26-23/h2-14H,1H3. The second kappa shape index (κ2) is 6.72. The Morgan fingerprint density at radius 1 is 0.667 bits per heavy atom. The fourth-order valence-electron chi connectivity index (χ4n) is 3.01. The van der Waals surface area contributed by atoms with E-state index in [2.05, 4.69) is 78.6 Å². The van der Waals surface area contributed by atoms with Crippen LogP contribution in [0.25, 0.3) is 41.8 Å². The molecule has 3 aromatic carbocycles. The van der Waals surface area contributed by atoms with Gasteiger partial charge in [-0.15, -0.1) is 22.7 Å². The summed E-state index contributed by atoms with van der Waals surface area (Å²) in [4.78, 5) is 10.6. The van der Waals surface area contributed by atoms with Gasteiger partial charge in [0.05, 0.1) is 15.1 Å². The van der Waals surface area contributed by atoms with Gasteiger partial charge in [0.25, 0.3) is 0 Å². The minimum Gasteiger partial charge on any atom is -0.244 e.